The Balaban J connectivity index is 1.84. The van der Waals surface area contributed by atoms with Crippen molar-refractivity contribution in [3.63, 3.8) is 0 Å². The number of anilines is 1. The molecule has 2 aromatic carbocycles. The van der Waals surface area contributed by atoms with Crippen LogP contribution in [0, 0.1) is 11.3 Å². The van der Waals surface area contributed by atoms with Gasteiger partial charge in [-0.1, -0.05) is 30.3 Å². The molecule has 0 atom stereocenters. The third kappa shape index (κ3) is 5.75. The molecule has 11 heteroatoms. The number of benzene rings is 2. The fourth-order valence-electron chi connectivity index (χ4n) is 2.72. The zero-order valence-electron chi connectivity index (χ0n) is 17.6. The number of hydrazone groups is 1. The average molecular weight is 512 g/mol. The third-order valence-corrected chi connectivity index (χ3v) is 5.00. The fourth-order valence-corrected chi connectivity index (χ4v) is 3.14. The maximum Gasteiger partial charge on any atom is 0.343 e. The van der Waals surface area contributed by atoms with Gasteiger partial charge in [0.25, 0.3) is 5.56 Å². The monoisotopic (exact) mass is 511 g/mol. The van der Waals surface area contributed by atoms with E-state index in [1.165, 1.54) is 20.4 Å². The van der Waals surface area contributed by atoms with E-state index in [1.54, 1.807) is 36.4 Å². The van der Waals surface area contributed by atoms with Crippen molar-refractivity contribution >= 4 is 34.1 Å². The first kappa shape index (κ1) is 23.5. The number of methoxy groups -OCH3 is 2. The van der Waals surface area contributed by atoms with Gasteiger partial charge in [0, 0.05) is 15.6 Å². The predicted molar refractivity (Wildman–Crippen MR) is 124 cm³/mol. The summed E-state index contributed by atoms with van der Waals surface area (Å²) in [5.74, 6) is 0.252. The van der Waals surface area contributed by atoms with Gasteiger partial charge in [-0.05, 0) is 28.1 Å². The van der Waals surface area contributed by atoms with Gasteiger partial charge in [0.15, 0.2) is 18.1 Å². The number of rotatable bonds is 8. The van der Waals surface area contributed by atoms with Gasteiger partial charge in [-0.3, -0.25) is 9.78 Å². The van der Waals surface area contributed by atoms with Crippen molar-refractivity contribution in [3.8, 4) is 28.8 Å². The third-order valence-electron chi connectivity index (χ3n) is 4.31. The van der Waals surface area contributed by atoms with Crippen LogP contribution >= 0.6 is 15.9 Å². The highest BCUT2D eigenvalue weighted by Gasteiger charge is 2.14. The highest BCUT2D eigenvalue weighted by molar-refractivity contribution is 9.10. The Bertz CT molecular complexity index is 1280. The van der Waals surface area contributed by atoms with Crippen LogP contribution in [0.3, 0.4) is 0 Å². The van der Waals surface area contributed by atoms with Crippen LogP contribution in [0.2, 0.25) is 0 Å². The Morgan fingerprint density at radius 1 is 1.27 bits per heavy atom. The van der Waals surface area contributed by atoms with Crippen LogP contribution in [0.25, 0.3) is 11.3 Å². The summed E-state index contributed by atoms with van der Waals surface area (Å²) in [6.07, 6.45) is 1.47. The fraction of sp³-hybridized carbons (Fsp3) is 0.136. The number of hydrogen-bond donors (Lipinski definition) is 2. The van der Waals surface area contributed by atoms with Crippen molar-refractivity contribution < 1.29 is 19.0 Å². The first-order valence-corrected chi connectivity index (χ1v) is 10.2. The molecule has 0 aliphatic carbocycles. The summed E-state index contributed by atoms with van der Waals surface area (Å²) < 4.78 is 15.9. The molecule has 2 N–H and O–H groups in total. The molecule has 0 bridgehead atoms. The van der Waals surface area contributed by atoms with Gasteiger partial charge in [0.05, 0.1) is 26.1 Å². The van der Waals surface area contributed by atoms with E-state index in [0.717, 1.165) is 0 Å². The number of hydrogen-bond acceptors (Lipinski definition) is 9. The van der Waals surface area contributed by atoms with E-state index >= 15 is 0 Å². The molecule has 0 unspecified atom stereocenters. The van der Waals surface area contributed by atoms with Crippen molar-refractivity contribution in [2.24, 2.45) is 5.10 Å². The highest BCUT2D eigenvalue weighted by Crippen LogP contribution is 2.33. The second kappa shape index (κ2) is 10.9. The molecule has 0 spiro atoms. The molecule has 1 heterocycles. The molecule has 33 heavy (non-hydrogen) atoms. The van der Waals surface area contributed by atoms with Crippen LogP contribution < -0.4 is 20.5 Å². The summed E-state index contributed by atoms with van der Waals surface area (Å²) in [5.41, 5.74) is 3.47. The highest BCUT2D eigenvalue weighted by atomic mass is 79.9. The van der Waals surface area contributed by atoms with Crippen molar-refractivity contribution in [1.29, 1.82) is 5.26 Å². The molecule has 3 rings (SSSR count). The zero-order valence-corrected chi connectivity index (χ0v) is 19.2. The Hall–Kier alpha value is -4.17. The summed E-state index contributed by atoms with van der Waals surface area (Å²) >= 11 is 3.41. The second-order valence-electron chi connectivity index (χ2n) is 6.38. The lowest BCUT2D eigenvalue weighted by Gasteiger charge is -2.12. The first-order valence-electron chi connectivity index (χ1n) is 9.43. The Morgan fingerprint density at radius 3 is 2.70 bits per heavy atom. The number of nitrogens with one attached hydrogen (secondary N) is 2. The summed E-state index contributed by atoms with van der Waals surface area (Å²) in [4.78, 5) is 30.4. The van der Waals surface area contributed by atoms with Gasteiger partial charge in [0.1, 0.15) is 11.6 Å². The molecule has 0 fully saturated rings. The van der Waals surface area contributed by atoms with Gasteiger partial charge < -0.3 is 14.2 Å². The van der Waals surface area contributed by atoms with E-state index in [2.05, 4.69) is 41.2 Å². The van der Waals surface area contributed by atoms with Crippen molar-refractivity contribution in [3.05, 3.63) is 68.4 Å². The molecule has 0 saturated carbocycles. The van der Waals surface area contributed by atoms with Gasteiger partial charge in [-0.15, -0.1) is 0 Å². The van der Waals surface area contributed by atoms with E-state index in [-0.39, 0.29) is 23.8 Å². The number of carbonyl (C=O) groups excluding carboxylic acids is 1. The molecule has 3 aromatic rings. The molecule has 168 valence electrons. The number of aromatic amines is 1. The Kier molecular flexibility index (Phi) is 7.77. The number of aromatic nitrogens is 2. The quantitative estimate of drug-likeness (QED) is 0.267. The first-order chi connectivity index (χ1) is 16.0. The van der Waals surface area contributed by atoms with Gasteiger partial charge in [-0.2, -0.15) is 10.4 Å². The standard InChI is InChI=1S/C22H18BrN5O5/c1-31-17-8-14(16(23)9-18(17)33-12-19(29)32-2)11-25-28-22-26-20(13-6-4-3-5-7-13)15(10-24)21(30)27-22/h3-9,11H,12H2,1-2H3,(H2,26,27,28,30). The van der Waals surface area contributed by atoms with Gasteiger partial charge in [-0.25, -0.2) is 15.2 Å². The van der Waals surface area contributed by atoms with Gasteiger partial charge in [0.2, 0.25) is 5.95 Å². The zero-order chi connectivity index (χ0) is 23.8. The van der Waals surface area contributed by atoms with Crippen LogP contribution in [0.1, 0.15) is 11.1 Å². The lowest BCUT2D eigenvalue weighted by Crippen LogP contribution is -2.16. The summed E-state index contributed by atoms with van der Waals surface area (Å²) in [6, 6.07) is 14.1. The normalized spacial score (nSPS) is 10.5. The topological polar surface area (TPSA) is 139 Å². The molecule has 0 radical (unpaired) electrons. The van der Waals surface area contributed by atoms with Crippen LogP contribution in [0.15, 0.2) is 56.8 Å². The lowest BCUT2D eigenvalue weighted by molar-refractivity contribution is -0.142. The number of H-pyrrole nitrogens is 1. The van der Waals surface area contributed by atoms with Crippen molar-refractivity contribution in [1.82, 2.24) is 9.97 Å². The van der Waals surface area contributed by atoms with Crippen molar-refractivity contribution in [2.75, 3.05) is 26.3 Å². The van der Waals surface area contributed by atoms with E-state index in [9.17, 15) is 14.9 Å². The molecular formula is C22H18BrN5O5. The Morgan fingerprint density at radius 2 is 2.03 bits per heavy atom. The minimum absolute atomic E-state index is 0.0650. The lowest BCUT2D eigenvalue weighted by atomic mass is 10.1. The van der Waals surface area contributed by atoms with E-state index < -0.39 is 11.5 Å². The van der Waals surface area contributed by atoms with Gasteiger partial charge >= 0.3 is 5.97 Å². The van der Waals surface area contributed by atoms with E-state index in [4.69, 9.17) is 9.47 Å². The minimum Gasteiger partial charge on any atom is -0.493 e. The molecule has 0 saturated heterocycles. The van der Waals surface area contributed by atoms with Crippen molar-refractivity contribution in [2.45, 2.75) is 0 Å². The number of esters is 1. The van der Waals surface area contributed by atoms with Crippen LogP contribution in [0.5, 0.6) is 11.5 Å². The van der Waals surface area contributed by atoms with Crippen LogP contribution in [-0.2, 0) is 9.53 Å². The Labute approximate surface area is 197 Å². The SMILES string of the molecule is COC(=O)COc1cc(Br)c(C=NNc2nc(-c3ccccc3)c(C#N)c(=O)[nH]2)cc1OC. The number of ether oxygens (including phenoxy) is 3. The molecule has 0 amide bonds. The molecular weight excluding hydrogens is 494 g/mol. The maximum absolute atomic E-state index is 12.3. The smallest absolute Gasteiger partial charge is 0.343 e. The number of carbonyl (C=O) groups is 1. The number of nitrogens with zero attached hydrogens (tertiary/aromatic N) is 3. The second-order valence-corrected chi connectivity index (χ2v) is 7.23. The van der Waals surface area contributed by atoms with E-state index in [0.29, 0.717) is 27.1 Å². The summed E-state index contributed by atoms with van der Waals surface area (Å²) in [5, 5.41) is 13.5. The maximum atomic E-state index is 12.3. The van der Waals surface area contributed by atoms with Crippen LogP contribution in [-0.4, -0.2) is 43.0 Å². The summed E-state index contributed by atoms with van der Waals surface area (Å²) in [7, 11) is 2.73. The molecule has 1 aromatic heterocycles. The number of nitriles is 1. The summed E-state index contributed by atoms with van der Waals surface area (Å²) in [6.45, 7) is -0.268. The predicted octanol–water partition coefficient (Wildman–Crippen LogP) is 3.08. The molecule has 0 aliphatic heterocycles. The minimum atomic E-state index is -0.584. The molecule has 10 nitrogen and oxygen atoms in total. The van der Waals surface area contributed by atoms with E-state index in [1.807, 2.05) is 12.1 Å². The largest absolute Gasteiger partial charge is 0.493 e. The number of halogens is 1. The molecule has 0 aliphatic rings. The van der Waals surface area contributed by atoms with Crippen LogP contribution in [0.4, 0.5) is 5.95 Å². The average Bonchev–Trinajstić information content (AvgIpc) is 2.83.